The summed E-state index contributed by atoms with van der Waals surface area (Å²) in [6, 6.07) is 8.30. The minimum absolute atomic E-state index is 0.0738. The third-order valence-corrected chi connectivity index (χ3v) is 3.36. The average molecular weight is 204 g/mol. The molecule has 0 bridgehead atoms. The molecule has 82 valence electrons. The lowest BCUT2D eigenvalue weighted by Gasteiger charge is -2.34. The predicted molar refractivity (Wildman–Crippen MR) is 63.3 cm³/mol. The Bertz CT molecular complexity index is 324. The van der Waals surface area contributed by atoms with E-state index in [4.69, 9.17) is 4.74 Å². The fraction of sp³-hybridized carbons (Fsp3) is 0.571. The molecule has 0 radical (unpaired) electrons. The molecule has 0 atom stereocenters. The lowest BCUT2D eigenvalue weighted by molar-refractivity contribution is 0.0480. The first-order chi connectivity index (χ1) is 7.20. The molecule has 0 amide bonds. The normalized spacial score (nSPS) is 19.9. The molecule has 1 aromatic rings. The largest absolute Gasteiger partial charge is 0.487 e. The van der Waals surface area contributed by atoms with E-state index in [-0.39, 0.29) is 5.60 Å². The number of benzene rings is 1. The zero-order chi connectivity index (χ0) is 10.7. The second-order valence-corrected chi connectivity index (χ2v) is 4.88. The van der Waals surface area contributed by atoms with Crippen LogP contribution in [0.4, 0.5) is 0 Å². The molecule has 1 nitrogen and oxygen atoms in total. The first-order valence-corrected chi connectivity index (χ1v) is 5.94. The molecule has 1 fully saturated rings. The Balaban J connectivity index is 2.10. The highest BCUT2D eigenvalue weighted by molar-refractivity contribution is 5.32. The Morgan fingerprint density at radius 2 is 1.73 bits per heavy atom. The van der Waals surface area contributed by atoms with E-state index in [1.807, 2.05) is 0 Å². The molecule has 1 saturated carbocycles. The molecular formula is C14H20O. The van der Waals surface area contributed by atoms with Gasteiger partial charge in [0.15, 0.2) is 0 Å². The lowest BCUT2D eigenvalue weighted by Crippen LogP contribution is -2.34. The zero-order valence-corrected chi connectivity index (χ0v) is 9.75. The maximum Gasteiger partial charge on any atom is 0.123 e. The van der Waals surface area contributed by atoms with E-state index in [0.29, 0.717) is 0 Å². The summed E-state index contributed by atoms with van der Waals surface area (Å²) in [7, 11) is 0. The Hall–Kier alpha value is -0.980. The molecule has 1 aliphatic rings. The molecule has 1 heteroatoms. The smallest absolute Gasteiger partial charge is 0.123 e. The van der Waals surface area contributed by atoms with Gasteiger partial charge in [-0.2, -0.15) is 0 Å². The summed E-state index contributed by atoms with van der Waals surface area (Å²) in [6.45, 7) is 4.36. The molecular weight excluding hydrogens is 184 g/mol. The molecule has 0 saturated heterocycles. The summed E-state index contributed by atoms with van der Waals surface area (Å²) >= 11 is 0. The molecule has 1 aromatic carbocycles. The van der Waals surface area contributed by atoms with Gasteiger partial charge in [-0.15, -0.1) is 0 Å². The van der Waals surface area contributed by atoms with E-state index in [0.717, 1.165) is 5.75 Å². The fourth-order valence-electron chi connectivity index (χ4n) is 2.34. The monoisotopic (exact) mass is 204 g/mol. The molecule has 15 heavy (non-hydrogen) atoms. The third-order valence-electron chi connectivity index (χ3n) is 3.36. The molecule has 0 spiro atoms. The lowest BCUT2D eigenvalue weighted by atomic mass is 9.86. The highest BCUT2D eigenvalue weighted by Gasteiger charge is 2.28. The van der Waals surface area contributed by atoms with E-state index >= 15 is 0 Å². The topological polar surface area (TPSA) is 9.23 Å². The van der Waals surface area contributed by atoms with Gasteiger partial charge in [0, 0.05) is 0 Å². The van der Waals surface area contributed by atoms with Crippen molar-refractivity contribution in [3.05, 3.63) is 29.8 Å². The zero-order valence-electron chi connectivity index (χ0n) is 9.75. The number of hydrogen-bond acceptors (Lipinski definition) is 1. The third kappa shape index (κ3) is 2.53. The van der Waals surface area contributed by atoms with E-state index in [2.05, 4.69) is 38.1 Å². The second-order valence-electron chi connectivity index (χ2n) is 4.88. The van der Waals surface area contributed by atoms with Crippen LogP contribution >= 0.6 is 0 Å². The van der Waals surface area contributed by atoms with E-state index in [9.17, 15) is 0 Å². The van der Waals surface area contributed by atoms with Crippen molar-refractivity contribution >= 4 is 0 Å². The molecule has 0 unspecified atom stereocenters. The number of hydrogen-bond donors (Lipinski definition) is 0. The van der Waals surface area contributed by atoms with Gasteiger partial charge in [-0.25, -0.2) is 0 Å². The second kappa shape index (κ2) is 4.26. The number of rotatable bonds is 2. The van der Waals surface area contributed by atoms with Crippen molar-refractivity contribution in [1.29, 1.82) is 0 Å². The van der Waals surface area contributed by atoms with Crippen molar-refractivity contribution in [2.24, 2.45) is 0 Å². The Kier molecular flexibility index (Phi) is 2.99. The van der Waals surface area contributed by atoms with Gasteiger partial charge in [-0.05, 0) is 51.2 Å². The molecule has 1 aliphatic carbocycles. The van der Waals surface area contributed by atoms with Crippen molar-refractivity contribution in [3.63, 3.8) is 0 Å². The summed E-state index contributed by atoms with van der Waals surface area (Å²) in [4.78, 5) is 0. The first-order valence-electron chi connectivity index (χ1n) is 5.94. The van der Waals surface area contributed by atoms with Gasteiger partial charge in [0.1, 0.15) is 11.4 Å². The van der Waals surface area contributed by atoms with Crippen LogP contribution in [0, 0.1) is 6.92 Å². The van der Waals surface area contributed by atoms with E-state index in [1.165, 1.54) is 37.7 Å². The number of ether oxygens (including phenoxy) is 1. The Morgan fingerprint density at radius 3 is 2.40 bits per heavy atom. The van der Waals surface area contributed by atoms with Crippen LogP contribution in [-0.2, 0) is 0 Å². The fourth-order valence-corrected chi connectivity index (χ4v) is 2.34. The molecule has 2 rings (SSSR count). The minimum Gasteiger partial charge on any atom is -0.487 e. The van der Waals surface area contributed by atoms with Crippen LogP contribution in [0.1, 0.15) is 44.6 Å². The van der Waals surface area contributed by atoms with Crippen LogP contribution < -0.4 is 4.74 Å². The van der Waals surface area contributed by atoms with E-state index < -0.39 is 0 Å². The highest BCUT2D eigenvalue weighted by atomic mass is 16.5. The van der Waals surface area contributed by atoms with Crippen molar-refractivity contribution in [3.8, 4) is 5.75 Å². The summed E-state index contributed by atoms with van der Waals surface area (Å²) in [6.07, 6.45) is 6.38. The highest BCUT2D eigenvalue weighted by Crippen LogP contribution is 2.33. The molecule has 0 aromatic heterocycles. The number of para-hydroxylation sites is 1. The van der Waals surface area contributed by atoms with Gasteiger partial charge in [-0.3, -0.25) is 0 Å². The summed E-state index contributed by atoms with van der Waals surface area (Å²) in [5, 5.41) is 0. The van der Waals surface area contributed by atoms with Gasteiger partial charge in [-0.1, -0.05) is 24.6 Å². The SMILES string of the molecule is Cc1ccccc1OC1(C)CCCCC1. The van der Waals surface area contributed by atoms with Crippen LogP contribution in [0.3, 0.4) is 0 Å². The first kappa shape index (κ1) is 10.5. The van der Waals surface area contributed by atoms with Gasteiger partial charge in [0.05, 0.1) is 0 Å². The van der Waals surface area contributed by atoms with Crippen LogP contribution in [0.2, 0.25) is 0 Å². The Morgan fingerprint density at radius 1 is 1.07 bits per heavy atom. The molecule has 0 heterocycles. The summed E-state index contributed by atoms with van der Waals surface area (Å²) < 4.78 is 6.17. The average Bonchev–Trinajstić information content (AvgIpc) is 2.22. The van der Waals surface area contributed by atoms with Crippen molar-refractivity contribution in [2.75, 3.05) is 0 Å². The van der Waals surface area contributed by atoms with Crippen LogP contribution in [0.5, 0.6) is 5.75 Å². The van der Waals surface area contributed by atoms with E-state index in [1.54, 1.807) is 0 Å². The van der Waals surface area contributed by atoms with Crippen molar-refractivity contribution in [1.82, 2.24) is 0 Å². The van der Waals surface area contributed by atoms with Gasteiger partial charge in [0.2, 0.25) is 0 Å². The maximum atomic E-state index is 6.17. The summed E-state index contributed by atoms with van der Waals surface area (Å²) in [5.41, 5.74) is 1.31. The predicted octanol–water partition coefficient (Wildman–Crippen LogP) is 4.10. The van der Waals surface area contributed by atoms with Crippen LogP contribution in [0.25, 0.3) is 0 Å². The van der Waals surface area contributed by atoms with Gasteiger partial charge in [0.25, 0.3) is 0 Å². The van der Waals surface area contributed by atoms with Crippen LogP contribution in [-0.4, -0.2) is 5.60 Å². The Labute approximate surface area is 92.5 Å². The molecule has 0 aliphatic heterocycles. The number of aryl methyl sites for hydroxylation is 1. The minimum atomic E-state index is 0.0738. The summed E-state index contributed by atoms with van der Waals surface area (Å²) in [5.74, 6) is 1.06. The quantitative estimate of drug-likeness (QED) is 0.704. The van der Waals surface area contributed by atoms with Gasteiger partial charge < -0.3 is 4.74 Å². The molecule has 0 N–H and O–H groups in total. The van der Waals surface area contributed by atoms with Crippen LogP contribution in [0.15, 0.2) is 24.3 Å². The maximum absolute atomic E-state index is 6.17. The standard InChI is InChI=1S/C14H20O/c1-12-8-4-5-9-13(12)15-14(2)10-6-3-7-11-14/h4-5,8-9H,3,6-7,10-11H2,1-2H3. The van der Waals surface area contributed by atoms with Gasteiger partial charge >= 0.3 is 0 Å². The van der Waals surface area contributed by atoms with Crippen molar-refractivity contribution in [2.45, 2.75) is 51.6 Å². The van der Waals surface area contributed by atoms with Crippen molar-refractivity contribution < 1.29 is 4.74 Å².